The van der Waals surface area contributed by atoms with E-state index in [-0.39, 0.29) is 11.5 Å². The number of cyclic esters (lactones) is 2. The minimum atomic E-state index is -1.28. The standard InChI is InChI=1S/C19H24N2O5/c1-5-6-7-16(22)21-14-9-8-12(2)10-15(14)20-11-13-17(23)25-19(3,4)26-18(13)24/h8-11,20H,5-7H2,1-4H3,(H,21,22). The van der Waals surface area contributed by atoms with Crippen molar-refractivity contribution in [2.24, 2.45) is 0 Å². The number of amides is 1. The van der Waals surface area contributed by atoms with Crippen LogP contribution in [0.5, 0.6) is 0 Å². The largest absolute Gasteiger partial charge is 0.419 e. The van der Waals surface area contributed by atoms with Crippen molar-refractivity contribution < 1.29 is 23.9 Å². The summed E-state index contributed by atoms with van der Waals surface area (Å²) >= 11 is 0. The Hall–Kier alpha value is -2.83. The number of hydrogen-bond acceptors (Lipinski definition) is 6. The number of nitrogens with one attached hydrogen (secondary N) is 2. The second kappa shape index (κ2) is 8.03. The molecule has 0 atom stereocenters. The molecule has 1 fully saturated rings. The van der Waals surface area contributed by atoms with E-state index < -0.39 is 17.7 Å². The lowest BCUT2D eigenvalue weighted by molar-refractivity contribution is -0.222. The predicted octanol–water partition coefficient (Wildman–Crippen LogP) is 3.26. The second-order valence-corrected chi connectivity index (χ2v) is 6.58. The molecule has 7 nitrogen and oxygen atoms in total. The molecule has 0 aliphatic carbocycles. The molecule has 0 spiro atoms. The van der Waals surface area contributed by atoms with E-state index in [9.17, 15) is 14.4 Å². The maximum absolute atomic E-state index is 12.0. The summed E-state index contributed by atoms with van der Waals surface area (Å²) in [5.74, 6) is -2.91. The molecule has 0 saturated carbocycles. The lowest BCUT2D eigenvalue weighted by atomic mass is 10.1. The summed E-state index contributed by atoms with van der Waals surface area (Å²) in [7, 11) is 0. The molecule has 140 valence electrons. The van der Waals surface area contributed by atoms with Crippen molar-refractivity contribution >= 4 is 29.2 Å². The van der Waals surface area contributed by atoms with Crippen molar-refractivity contribution in [2.45, 2.75) is 52.7 Å². The molecular weight excluding hydrogens is 336 g/mol. The minimum absolute atomic E-state index is 0.0929. The monoisotopic (exact) mass is 360 g/mol. The van der Waals surface area contributed by atoms with Crippen LogP contribution >= 0.6 is 0 Å². The van der Waals surface area contributed by atoms with E-state index in [4.69, 9.17) is 9.47 Å². The Bertz CT molecular complexity index is 730. The van der Waals surface area contributed by atoms with E-state index in [2.05, 4.69) is 10.6 Å². The fourth-order valence-corrected chi connectivity index (χ4v) is 2.36. The molecule has 0 aromatic heterocycles. The van der Waals surface area contributed by atoms with Gasteiger partial charge in [-0.1, -0.05) is 19.4 Å². The van der Waals surface area contributed by atoms with Gasteiger partial charge in [0.05, 0.1) is 11.4 Å². The highest BCUT2D eigenvalue weighted by molar-refractivity contribution is 6.15. The molecule has 2 N–H and O–H groups in total. The number of esters is 2. The van der Waals surface area contributed by atoms with Crippen LogP contribution < -0.4 is 10.6 Å². The first-order chi connectivity index (χ1) is 12.2. The zero-order chi connectivity index (χ0) is 19.3. The topological polar surface area (TPSA) is 93.7 Å². The second-order valence-electron chi connectivity index (χ2n) is 6.58. The maximum Gasteiger partial charge on any atom is 0.350 e. The van der Waals surface area contributed by atoms with Crippen molar-refractivity contribution in [3.63, 3.8) is 0 Å². The van der Waals surface area contributed by atoms with E-state index in [1.807, 2.05) is 19.9 Å². The molecule has 7 heteroatoms. The van der Waals surface area contributed by atoms with Gasteiger partial charge < -0.3 is 20.1 Å². The van der Waals surface area contributed by atoms with Crippen LogP contribution in [0.2, 0.25) is 0 Å². The minimum Gasteiger partial charge on any atom is -0.419 e. The Balaban J connectivity index is 2.18. The van der Waals surface area contributed by atoms with Gasteiger partial charge in [-0.3, -0.25) is 4.79 Å². The first kappa shape index (κ1) is 19.5. The summed E-state index contributed by atoms with van der Waals surface area (Å²) in [4.78, 5) is 36.0. The molecule has 1 aromatic carbocycles. The van der Waals surface area contributed by atoms with Gasteiger partial charge in [0.2, 0.25) is 5.91 Å². The number of rotatable bonds is 6. The van der Waals surface area contributed by atoms with Gasteiger partial charge in [-0.05, 0) is 31.0 Å². The number of carbonyl (C=O) groups is 3. The number of ether oxygens (including phenoxy) is 2. The Morgan fingerprint density at radius 3 is 2.42 bits per heavy atom. The highest BCUT2D eigenvalue weighted by Crippen LogP contribution is 2.26. The van der Waals surface area contributed by atoms with Crippen LogP contribution in [0.4, 0.5) is 11.4 Å². The van der Waals surface area contributed by atoms with Crippen LogP contribution in [-0.4, -0.2) is 23.6 Å². The zero-order valence-electron chi connectivity index (χ0n) is 15.5. The third kappa shape index (κ3) is 5.08. The van der Waals surface area contributed by atoms with Gasteiger partial charge in [-0.25, -0.2) is 9.59 Å². The summed E-state index contributed by atoms with van der Waals surface area (Å²) in [6.07, 6.45) is 3.39. The quantitative estimate of drug-likeness (QED) is 0.459. The molecule has 1 saturated heterocycles. The van der Waals surface area contributed by atoms with Crippen LogP contribution in [-0.2, 0) is 23.9 Å². The van der Waals surface area contributed by atoms with Gasteiger partial charge in [0.1, 0.15) is 0 Å². The van der Waals surface area contributed by atoms with Crippen molar-refractivity contribution in [3.8, 4) is 0 Å². The average molecular weight is 360 g/mol. The van der Waals surface area contributed by atoms with Crippen molar-refractivity contribution in [3.05, 3.63) is 35.5 Å². The zero-order valence-corrected chi connectivity index (χ0v) is 15.5. The molecule has 26 heavy (non-hydrogen) atoms. The number of aryl methyl sites for hydroxylation is 1. The highest BCUT2D eigenvalue weighted by atomic mass is 16.7. The predicted molar refractivity (Wildman–Crippen MR) is 97.3 cm³/mol. The molecule has 1 aliphatic rings. The first-order valence-electron chi connectivity index (χ1n) is 8.55. The molecule has 1 heterocycles. The van der Waals surface area contributed by atoms with Crippen molar-refractivity contribution in [1.82, 2.24) is 0 Å². The average Bonchev–Trinajstić information content (AvgIpc) is 2.53. The van der Waals surface area contributed by atoms with E-state index in [1.165, 1.54) is 20.0 Å². The van der Waals surface area contributed by atoms with Crippen molar-refractivity contribution in [1.29, 1.82) is 0 Å². The Labute approximate surface area is 152 Å². The Kier molecular flexibility index (Phi) is 6.02. The maximum atomic E-state index is 12.0. The smallest absolute Gasteiger partial charge is 0.350 e. The van der Waals surface area contributed by atoms with E-state index in [1.54, 1.807) is 12.1 Å². The summed E-state index contributed by atoms with van der Waals surface area (Å²) in [5, 5.41) is 5.73. The molecule has 1 aliphatic heterocycles. The van der Waals surface area contributed by atoms with Gasteiger partial charge in [0.25, 0.3) is 5.79 Å². The van der Waals surface area contributed by atoms with Crippen LogP contribution in [0.15, 0.2) is 30.0 Å². The summed E-state index contributed by atoms with van der Waals surface area (Å²) in [5.41, 5.74) is 1.83. The van der Waals surface area contributed by atoms with Gasteiger partial charge in [-0.2, -0.15) is 0 Å². The van der Waals surface area contributed by atoms with Gasteiger partial charge in [-0.15, -0.1) is 0 Å². The molecule has 1 amide bonds. The Morgan fingerprint density at radius 1 is 1.15 bits per heavy atom. The fraction of sp³-hybridized carbons (Fsp3) is 0.421. The van der Waals surface area contributed by atoms with Crippen LogP contribution in [0.25, 0.3) is 0 Å². The summed E-state index contributed by atoms with van der Waals surface area (Å²) in [6.45, 7) is 6.88. The molecule has 0 unspecified atom stereocenters. The SMILES string of the molecule is CCCCC(=O)Nc1ccc(C)cc1NC=C1C(=O)OC(C)(C)OC1=O. The third-order valence-corrected chi connectivity index (χ3v) is 3.70. The lowest BCUT2D eigenvalue weighted by Crippen LogP contribution is -2.42. The van der Waals surface area contributed by atoms with Crippen molar-refractivity contribution in [2.75, 3.05) is 10.6 Å². The number of hydrogen-bond donors (Lipinski definition) is 2. The normalized spacial score (nSPS) is 15.8. The molecule has 2 rings (SSSR count). The van der Waals surface area contributed by atoms with Crippen LogP contribution in [0, 0.1) is 6.92 Å². The first-order valence-corrected chi connectivity index (χ1v) is 8.55. The molecule has 0 bridgehead atoms. The molecule has 1 aromatic rings. The molecule has 0 radical (unpaired) electrons. The lowest BCUT2D eigenvalue weighted by Gasteiger charge is -2.29. The van der Waals surface area contributed by atoms with E-state index >= 15 is 0 Å². The molecular formula is C19H24N2O5. The van der Waals surface area contributed by atoms with E-state index in [0.29, 0.717) is 17.8 Å². The highest BCUT2D eigenvalue weighted by Gasteiger charge is 2.38. The fourth-order valence-electron chi connectivity index (χ4n) is 2.36. The number of anilines is 2. The summed E-state index contributed by atoms with van der Waals surface area (Å²) in [6, 6.07) is 5.43. The van der Waals surface area contributed by atoms with Gasteiger partial charge in [0.15, 0.2) is 5.57 Å². The van der Waals surface area contributed by atoms with Gasteiger partial charge in [0, 0.05) is 26.5 Å². The van der Waals surface area contributed by atoms with Gasteiger partial charge >= 0.3 is 11.9 Å². The number of carbonyl (C=O) groups excluding carboxylic acids is 3. The number of unbranched alkanes of at least 4 members (excludes halogenated alkanes) is 1. The third-order valence-electron chi connectivity index (χ3n) is 3.70. The van der Waals surface area contributed by atoms with Crippen LogP contribution in [0.1, 0.15) is 45.6 Å². The van der Waals surface area contributed by atoms with Crippen LogP contribution in [0.3, 0.4) is 0 Å². The summed E-state index contributed by atoms with van der Waals surface area (Å²) < 4.78 is 10.1. The number of benzene rings is 1. The Morgan fingerprint density at radius 2 is 1.81 bits per heavy atom. The van der Waals surface area contributed by atoms with E-state index in [0.717, 1.165) is 18.4 Å².